The number of aliphatic hydroxyl groups excluding tert-OH is 1. The fraction of sp³-hybridized carbons (Fsp3) is 0.550. The third-order valence-electron chi connectivity index (χ3n) is 6.14. The molecule has 25 heavy (non-hydrogen) atoms. The molecule has 2 heterocycles. The van der Waals surface area contributed by atoms with E-state index in [2.05, 4.69) is 6.07 Å². The molecule has 5 nitrogen and oxygen atoms in total. The van der Waals surface area contributed by atoms with E-state index in [0.717, 1.165) is 30.2 Å². The minimum atomic E-state index is -0.283. The van der Waals surface area contributed by atoms with Crippen molar-refractivity contribution in [1.29, 1.82) is 0 Å². The summed E-state index contributed by atoms with van der Waals surface area (Å²) in [4.78, 5) is 14.7. The van der Waals surface area contributed by atoms with E-state index in [1.165, 1.54) is 0 Å². The third-order valence-corrected chi connectivity index (χ3v) is 6.14. The van der Waals surface area contributed by atoms with Gasteiger partial charge in [-0.15, -0.1) is 0 Å². The monoisotopic (exact) mass is 342 g/mol. The van der Waals surface area contributed by atoms with Crippen molar-refractivity contribution < 1.29 is 14.6 Å². The SMILES string of the molecule is CCO[C@H]1C[C@@H](O)C12CCN(C(=O)Cn1ccc3ccccc31)CC2. The van der Waals surface area contributed by atoms with E-state index in [-0.39, 0.29) is 23.5 Å². The first-order valence-electron chi connectivity index (χ1n) is 9.25. The second-order valence-electron chi connectivity index (χ2n) is 7.31. The van der Waals surface area contributed by atoms with Gasteiger partial charge in [0.1, 0.15) is 6.54 Å². The quantitative estimate of drug-likeness (QED) is 0.928. The van der Waals surface area contributed by atoms with Crippen molar-refractivity contribution in [3.8, 4) is 0 Å². The molecule has 1 aromatic carbocycles. The molecule has 2 aliphatic rings. The van der Waals surface area contributed by atoms with Gasteiger partial charge in [-0.3, -0.25) is 4.79 Å². The lowest BCUT2D eigenvalue weighted by Gasteiger charge is -2.56. The number of piperidine rings is 1. The van der Waals surface area contributed by atoms with Gasteiger partial charge in [0.25, 0.3) is 0 Å². The zero-order valence-electron chi connectivity index (χ0n) is 14.7. The maximum absolute atomic E-state index is 12.7. The van der Waals surface area contributed by atoms with Crippen molar-refractivity contribution >= 4 is 16.8 Å². The molecular formula is C20H26N2O3. The van der Waals surface area contributed by atoms with Crippen molar-refractivity contribution in [2.24, 2.45) is 5.41 Å². The molecule has 2 aromatic rings. The van der Waals surface area contributed by atoms with E-state index in [0.29, 0.717) is 26.2 Å². The first-order valence-corrected chi connectivity index (χ1v) is 9.25. The lowest BCUT2D eigenvalue weighted by atomic mass is 9.58. The van der Waals surface area contributed by atoms with E-state index < -0.39 is 0 Å². The number of hydrogen-bond acceptors (Lipinski definition) is 3. The van der Waals surface area contributed by atoms with E-state index in [1.807, 2.05) is 46.9 Å². The van der Waals surface area contributed by atoms with Gasteiger partial charge in [-0.05, 0) is 37.3 Å². The van der Waals surface area contributed by atoms with Gasteiger partial charge in [0.05, 0.1) is 12.2 Å². The highest BCUT2D eigenvalue weighted by Gasteiger charge is 2.56. The lowest BCUT2D eigenvalue weighted by Crippen LogP contribution is -2.62. The molecule has 1 aliphatic carbocycles. The van der Waals surface area contributed by atoms with Gasteiger partial charge >= 0.3 is 0 Å². The highest BCUT2D eigenvalue weighted by atomic mass is 16.5. The van der Waals surface area contributed by atoms with Crippen molar-refractivity contribution in [1.82, 2.24) is 9.47 Å². The summed E-state index contributed by atoms with van der Waals surface area (Å²) in [5.74, 6) is 0.151. The van der Waals surface area contributed by atoms with Crippen molar-refractivity contribution in [2.45, 2.75) is 44.9 Å². The summed E-state index contributed by atoms with van der Waals surface area (Å²) in [7, 11) is 0. The maximum Gasteiger partial charge on any atom is 0.242 e. The summed E-state index contributed by atoms with van der Waals surface area (Å²) in [6.45, 7) is 4.47. The van der Waals surface area contributed by atoms with Gasteiger partial charge in [-0.25, -0.2) is 0 Å². The van der Waals surface area contributed by atoms with Crippen LogP contribution in [-0.2, 0) is 16.1 Å². The van der Waals surface area contributed by atoms with Gasteiger partial charge in [0, 0.05) is 43.2 Å². The zero-order chi connectivity index (χ0) is 17.4. The molecule has 134 valence electrons. The molecule has 1 amide bonds. The average molecular weight is 342 g/mol. The number of aliphatic hydroxyl groups is 1. The number of hydrogen-bond donors (Lipinski definition) is 1. The topological polar surface area (TPSA) is 54.7 Å². The first kappa shape index (κ1) is 16.6. The Bertz CT molecular complexity index is 759. The predicted molar refractivity (Wildman–Crippen MR) is 96.2 cm³/mol. The molecule has 0 unspecified atom stereocenters. The normalized spacial score (nSPS) is 25.3. The fourth-order valence-electron chi connectivity index (χ4n) is 4.51. The molecule has 0 radical (unpaired) electrons. The van der Waals surface area contributed by atoms with E-state index in [9.17, 15) is 9.90 Å². The average Bonchev–Trinajstić information content (AvgIpc) is 3.05. The molecule has 1 saturated carbocycles. The number of nitrogens with zero attached hydrogens (tertiary/aromatic N) is 2. The molecule has 1 aromatic heterocycles. The summed E-state index contributed by atoms with van der Waals surface area (Å²) in [6.07, 6.45) is 4.24. The Morgan fingerprint density at radius 2 is 2.04 bits per heavy atom. The summed E-state index contributed by atoms with van der Waals surface area (Å²) in [6, 6.07) is 10.2. The van der Waals surface area contributed by atoms with Crippen LogP contribution in [0.2, 0.25) is 0 Å². The number of aromatic nitrogens is 1. The molecule has 1 spiro atoms. The standard InChI is InChI=1S/C20H26N2O3/c1-2-25-18-13-17(23)20(18)8-11-21(12-9-20)19(24)14-22-10-7-15-5-3-4-6-16(15)22/h3-7,10,17-18,23H,2,8-9,11-14H2,1H3/t17-,18+/m1/s1. The van der Waals surface area contributed by atoms with Crippen molar-refractivity contribution in [3.63, 3.8) is 0 Å². The minimum Gasteiger partial charge on any atom is -0.392 e. The predicted octanol–water partition coefficient (Wildman–Crippen LogP) is 2.42. The van der Waals surface area contributed by atoms with Crippen LogP contribution in [0.5, 0.6) is 0 Å². The van der Waals surface area contributed by atoms with E-state index in [4.69, 9.17) is 4.74 Å². The summed E-state index contributed by atoms with van der Waals surface area (Å²) < 4.78 is 7.82. The number of para-hydroxylation sites is 1. The smallest absolute Gasteiger partial charge is 0.242 e. The Morgan fingerprint density at radius 3 is 2.76 bits per heavy atom. The Morgan fingerprint density at radius 1 is 1.28 bits per heavy atom. The van der Waals surface area contributed by atoms with Crippen molar-refractivity contribution in [2.75, 3.05) is 19.7 Å². The number of carbonyl (C=O) groups is 1. The van der Waals surface area contributed by atoms with Crippen LogP contribution in [0.1, 0.15) is 26.2 Å². The second-order valence-corrected chi connectivity index (χ2v) is 7.31. The van der Waals surface area contributed by atoms with Crippen molar-refractivity contribution in [3.05, 3.63) is 36.5 Å². The van der Waals surface area contributed by atoms with Gasteiger partial charge in [-0.1, -0.05) is 18.2 Å². The molecule has 1 saturated heterocycles. The Labute approximate surface area is 148 Å². The third kappa shape index (κ3) is 2.75. The summed E-state index contributed by atoms with van der Waals surface area (Å²) in [5, 5.41) is 11.4. The Hall–Kier alpha value is -1.85. The second kappa shape index (κ2) is 6.46. The minimum absolute atomic E-state index is 0.132. The summed E-state index contributed by atoms with van der Waals surface area (Å²) in [5.41, 5.74) is 0.961. The molecule has 1 aliphatic heterocycles. The maximum atomic E-state index is 12.7. The number of likely N-dealkylation sites (tertiary alicyclic amines) is 1. The number of benzene rings is 1. The highest BCUT2D eigenvalue weighted by molar-refractivity contribution is 5.83. The molecule has 1 N–H and O–H groups in total. The van der Waals surface area contributed by atoms with Gasteiger partial charge in [0.15, 0.2) is 0 Å². The van der Waals surface area contributed by atoms with Gasteiger partial charge in [0.2, 0.25) is 5.91 Å². The number of fused-ring (bicyclic) bond motifs is 1. The van der Waals surface area contributed by atoms with Gasteiger partial charge < -0.3 is 19.3 Å². The molecule has 2 atom stereocenters. The first-order chi connectivity index (χ1) is 12.1. The fourth-order valence-corrected chi connectivity index (χ4v) is 4.51. The number of carbonyl (C=O) groups excluding carboxylic acids is 1. The van der Waals surface area contributed by atoms with Crippen LogP contribution in [0, 0.1) is 5.41 Å². The van der Waals surface area contributed by atoms with Crippen LogP contribution in [-0.4, -0.2) is 52.4 Å². The molecule has 0 bridgehead atoms. The summed E-state index contributed by atoms with van der Waals surface area (Å²) >= 11 is 0. The number of amides is 1. The molecular weight excluding hydrogens is 316 g/mol. The van der Waals surface area contributed by atoms with E-state index >= 15 is 0 Å². The van der Waals surface area contributed by atoms with Crippen LogP contribution >= 0.6 is 0 Å². The van der Waals surface area contributed by atoms with Crippen LogP contribution in [0.15, 0.2) is 36.5 Å². The number of ether oxygens (including phenoxy) is 1. The Balaban J connectivity index is 1.40. The van der Waals surface area contributed by atoms with Crippen LogP contribution < -0.4 is 0 Å². The number of rotatable bonds is 4. The van der Waals surface area contributed by atoms with E-state index in [1.54, 1.807) is 0 Å². The highest BCUT2D eigenvalue weighted by Crippen LogP contribution is 2.50. The van der Waals surface area contributed by atoms with Gasteiger partial charge in [-0.2, -0.15) is 0 Å². The molecule has 2 fully saturated rings. The van der Waals surface area contributed by atoms with Crippen LogP contribution in [0.25, 0.3) is 10.9 Å². The van der Waals surface area contributed by atoms with Crippen LogP contribution in [0.4, 0.5) is 0 Å². The molecule has 5 heteroatoms. The largest absolute Gasteiger partial charge is 0.392 e. The Kier molecular flexibility index (Phi) is 4.29. The van der Waals surface area contributed by atoms with Crippen LogP contribution in [0.3, 0.4) is 0 Å². The zero-order valence-corrected chi connectivity index (χ0v) is 14.7. The lowest BCUT2D eigenvalue weighted by molar-refractivity contribution is -0.210. The molecule has 4 rings (SSSR count).